The Morgan fingerprint density at radius 1 is 0.871 bits per heavy atom. The Morgan fingerprint density at radius 3 is 2.35 bits per heavy atom. The summed E-state index contributed by atoms with van der Waals surface area (Å²) < 4.78 is 14.0. The number of rotatable bonds is 9. The third-order valence-electron chi connectivity index (χ3n) is 5.52. The Bertz CT molecular complexity index is 1130. The van der Waals surface area contributed by atoms with Gasteiger partial charge in [-0.15, -0.1) is 0 Å². The number of imidazole rings is 1. The van der Waals surface area contributed by atoms with Crippen LogP contribution in [0.2, 0.25) is 0 Å². The number of hydrogen-bond donors (Lipinski definition) is 0. The van der Waals surface area contributed by atoms with Gasteiger partial charge in [0.25, 0.3) is 0 Å². The van der Waals surface area contributed by atoms with Gasteiger partial charge in [0.15, 0.2) is 11.5 Å². The molecule has 0 radical (unpaired) electrons. The molecule has 0 atom stereocenters. The van der Waals surface area contributed by atoms with Crippen molar-refractivity contribution >= 4 is 11.0 Å². The van der Waals surface area contributed by atoms with Gasteiger partial charge >= 0.3 is 0 Å². The topological polar surface area (TPSA) is 36.3 Å². The van der Waals surface area contributed by atoms with Crippen LogP contribution in [0.1, 0.15) is 38.2 Å². The molecular formula is C27H30N2O2. The Kier molecular flexibility index (Phi) is 6.56. The molecule has 0 spiro atoms. The van der Waals surface area contributed by atoms with Crippen molar-refractivity contribution in [2.45, 2.75) is 39.5 Å². The van der Waals surface area contributed by atoms with Crippen molar-refractivity contribution < 1.29 is 9.47 Å². The molecule has 0 fully saturated rings. The highest BCUT2D eigenvalue weighted by molar-refractivity contribution is 5.86. The van der Waals surface area contributed by atoms with Crippen LogP contribution in [0.3, 0.4) is 0 Å². The van der Waals surface area contributed by atoms with E-state index in [1.807, 2.05) is 24.3 Å². The summed E-state index contributed by atoms with van der Waals surface area (Å²) in [5, 5.41) is 0. The van der Waals surface area contributed by atoms with Crippen LogP contribution in [-0.4, -0.2) is 23.3 Å². The Labute approximate surface area is 184 Å². The zero-order chi connectivity index (χ0) is 21.6. The molecule has 1 aromatic heterocycles. The van der Waals surface area contributed by atoms with E-state index in [1.165, 1.54) is 24.8 Å². The molecule has 0 unspecified atom stereocenters. The van der Waals surface area contributed by atoms with Crippen molar-refractivity contribution in [1.82, 2.24) is 9.55 Å². The zero-order valence-corrected chi connectivity index (χ0v) is 18.6. The van der Waals surface area contributed by atoms with Gasteiger partial charge in [-0.25, -0.2) is 4.98 Å². The smallest absolute Gasteiger partial charge is 0.163 e. The highest BCUT2D eigenvalue weighted by Gasteiger charge is 2.18. The minimum absolute atomic E-state index is 0.687. The number of hydrogen-bond acceptors (Lipinski definition) is 3. The van der Waals surface area contributed by atoms with Crippen LogP contribution >= 0.6 is 0 Å². The van der Waals surface area contributed by atoms with E-state index in [1.54, 1.807) is 7.11 Å². The summed E-state index contributed by atoms with van der Waals surface area (Å²) >= 11 is 0. The lowest BCUT2D eigenvalue weighted by Gasteiger charge is -2.13. The van der Waals surface area contributed by atoms with Gasteiger partial charge in [0.05, 0.1) is 24.8 Å². The van der Waals surface area contributed by atoms with Crippen molar-refractivity contribution in [2.75, 3.05) is 13.7 Å². The molecule has 0 saturated carbocycles. The third-order valence-corrected chi connectivity index (χ3v) is 5.52. The molecule has 0 bridgehead atoms. The highest BCUT2D eigenvalue weighted by Crippen LogP contribution is 2.36. The standard InChI is InChI=1S/C27H30N2O2/c1-4-5-6-10-17-31-26-19-24-23(18-25(26)30-3)28-27(21-11-8-7-9-12-21)29(24)22-15-13-20(2)14-16-22/h7-9,11-16,18-19H,4-6,10,17H2,1-3H3. The maximum atomic E-state index is 6.14. The molecule has 0 aliphatic carbocycles. The number of aryl methyl sites for hydroxylation is 1. The minimum Gasteiger partial charge on any atom is -0.493 e. The Morgan fingerprint density at radius 2 is 1.65 bits per heavy atom. The summed E-state index contributed by atoms with van der Waals surface area (Å²) in [4.78, 5) is 4.98. The fourth-order valence-corrected chi connectivity index (χ4v) is 3.80. The van der Waals surface area contributed by atoms with Crippen LogP contribution in [0.5, 0.6) is 11.5 Å². The monoisotopic (exact) mass is 414 g/mol. The number of fused-ring (bicyclic) bond motifs is 1. The third kappa shape index (κ3) is 4.58. The molecule has 4 aromatic rings. The number of nitrogens with zero attached hydrogens (tertiary/aromatic N) is 2. The Hall–Kier alpha value is -3.27. The van der Waals surface area contributed by atoms with Crippen molar-refractivity contribution in [3.8, 4) is 28.6 Å². The first-order valence-corrected chi connectivity index (χ1v) is 11.1. The average molecular weight is 415 g/mol. The summed E-state index contributed by atoms with van der Waals surface area (Å²) in [5.41, 5.74) is 5.26. The lowest BCUT2D eigenvalue weighted by molar-refractivity contribution is 0.285. The van der Waals surface area contributed by atoms with E-state index in [0.717, 1.165) is 46.0 Å². The van der Waals surface area contributed by atoms with Crippen molar-refractivity contribution in [3.05, 3.63) is 72.3 Å². The second kappa shape index (κ2) is 9.69. The molecule has 4 nitrogen and oxygen atoms in total. The van der Waals surface area contributed by atoms with Gasteiger partial charge in [0, 0.05) is 23.4 Å². The Balaban J connectivity index is 1.82. The number of methoxy groups -OCH3 is 1. The zero-order valence-electron chi connectivity index (χ0n) is 18.6. The first kappa shape index (κ1) is 21.0. The van der Waals surface area contributed by atoms with Crippen LogP contribution < -0.4 is 9.47 Å². The van der Waals surface area contributed by atoms with Crippen molar-refractivity contribution in [2.24, 2.45) is 0 Å². The van der Waals surface area contributed by atoms with Gasteiger partial charge in [0.2, 0.25) is 0 Å². The van der Waals surface area contributed by atoms with Crippen LogP contribution in [0.4, 0.5) is 0 Å². The van der Waals surface area contributed by atoms with Crippen LogP contribution in [-0.2, 0) is 0 Å². The predicted octanol–water partition coefficient (Wildman–Crippen LogP) is 6.97. The second-order valence-corrected chi connectivity index (χ2v) is 7.87. The average Bonchev–Trinajstić information content (AvgIpc) is 3.18. The summed E-state index contributed by atoms with van der Waals surface area (Å²) in [6, 6.07) is 22.9. The lowest BCUT2D eigenvalue weighted by atomic mass is 10.2. The summed E-state index contributed by atoms with van der Waals surface area (Å²) in [7, 11) is 1.68. The van der Waals surface area contributed by atoms with E-state index >= 15 is 0 Å². The van der Waals surface area contributed by atoms with Gasteiger partial charge < -0.3 is 9.47 Å². The molecule has 0 aliphatic rings. The molecule has 4 heteroatoms. The predicted molar refractivity (Wildman–Crippen MR) is 127 cm³/mol. The summed E-state index contributed by atoms with van der Waals surface area (Å²) in [5.74, 6) is 2.39. The fraction of sp³-hybridized carbons (Fsp3) is 0.296. The molecule has 1 heterocycles. The van der Waals surface area contributed by atoms with Crippen LogP contribution in [0, 0.1) is 6.92 Å². The highest BCUT2D eigenvalue weighted by atomic mass is 16.5. The number of ether oxygens (including phenoxy) is 2. The number of aromatic nitrogens is 2. The van der Waals surface area contributed by atoms with E-state index < -0.39 is 0 Å². The molecule has 0 saturated heterocycles. The van der Waals surface area contributed by atoms with Crippen molar-refractivity contribution in [1.29, 1.82) is 0 Å². The first-order valence-electron chi connectivity index (χ1n) is 11.1. The van der Waals surface area contributed by atoms with Crippen LogP contribution in [0.25, 0.3) is 28.1 Å². The van der Waals surface area contributed by atoms with Gasteiger partial charge in [-0.1, -0.05) is 74.2 Å². The van der Waals surface area contributed by atoms with E-state index in [9.17, 15) is 0 Å². The molecule has 0 amide bonds. The summed E-state index contributed by atoms with van der Waals surface area (Å²) in [6.45, 7) is 5.00. The largest absolute Gasteiger partial charge is 0.493 e. The van der Waals surface area contributed by atoms with E-state index in [4.69, 9.17) is 14.5 Å². The van der Waals surface area contributed by atoms with E-state index in [0.29, 0.717) is 6.61 Å². The molecule has 3 aromatic carbocycles. The molecule has 160 valence electrons. The molecule has 0 N–H and O–H groups in total. The van der Waals surface area contributed by atoms with Crippen molar-refractivity contribution in [3.63, 3.8) is 0 Å². The lowest BCUT2D eigenvalue weighted by Crippen LogP contribution is -2.01. The normalized spacial score (nSPS) is 11.1. The van der Waals surface area contributed by atoms with E-state index in [2.05, 4.69) is 60.9 Å². The molecule has 31 heavy (non-hydrogen) atoms. The fourth-order valence-electron chi connectivity index (χ4n) is 3.80. The second-order valence-electron chi connectivity index (χ2n) is 7.87. The minimum atomic E-state index is 0.687. The van der Waals surface area contributed by atoms with Gasteiger partial charge in [-0.3, -0.25) is 4.57 Å². The van der Waals surface area contributed by atoms with Gasteiger partial charge in [-0.2, -0.15) is 0 Å². The quantitative estimate of drug-likeness (QED) is 0.278. The SMILES string of the molecule is CCCCCCOc1cc2c(cc1OC)nc(-c1ccccc1)n2-c1ccc(C)cc1. The molecule has 0 aliphatic heterocycles. The van der Waals surface area contributed by atoms with Crippen LogP contribution in [0.15, 0.2) is 66.7 Å². The summed E-state index contributed by atoms with van der Waals surface area (Å²) in [6.07, 6.45) is 4.68. The van der Waals surface area contributed by atoms with E-state index in [-0.39, 0.29) is 0 Å². The number of unbranched alkanes of at least 4 members (excludes halogenated alkanes) is 3. The molecular weight excluding hydrogens is 384 g/mol. The van der Waals surface area contributed by atoms with Gasteiger partial charge in [0.1, 0.15) is 5.82 Å². The molecule has 4 rings (SSSR count). The van der Waals surface area contributed by atoms with Gasteiger partial charge in [-0.05, 0) is 25.5 Å². The maximum absolute atomic E-state index is 6.14. The first-order chi connectivity index (χ1) is 15.2. The maximum Gasteiger partial charge on any atom is 0.163 e. The number of benzene rings is 3.